The van der Waals surface area contributed by atoms with Crippen LogP contribution in [-0.2, 0) is 23.0 Å². The van der Waals surface area contributed by atoms with Crippen molar-refractivity contribution in [1.82, 2.24) is 13.8 Å². The van der Waals surface area contributed by atoms with Crippen LogP contribution in [0.2, 0.25) is 0 Å². The number of carbonyl (C=O) groups is 2. The largest absolute Gasteiger partial charge is 0.493 e. The second-order valence-electron chi connectivity index (χ2n) is 9.12. The topological polar surface area (TPSA) is 127 Å². The van der Waals surface area contributed by atoms with Gasteiger partial charge < -0.3 is 25.3 Å². The van der Waals surface area contributed by atoms with Gasteiger partial charge in [0.25, 0.3) is 11.8 Å². The summed E-state index contributed by atoms with van der Waals surface area (Å²) in [4.78, 5) is 28.0. The average molecular weight is 552 g/mol. The van der Waals surface area contributed by atoms with Gasteiger partial charge >= 0.3 is 0 Å². The van der Waals surface area contributed by atoms with Crippen LogP contribution < -0.4 is 15.8 Å². The molecule has 2 amide bonds. The standard InChI is InChI=1S/C26H38FN5O5S/c1-4-16-37-22-10-9-20(38(35,36)32-14-12-30(5-2)13-15-32)17-21(22)26(34)29-23-19(8-7-11-27)18-31(6-3)24(23)25(28)33/h9-10,17-18H,4-8,11-16H2,1-3H3,(H2,28,33)(H,29,34). The molecule has 1 aliphatic heterocycles. The Morgan fingerprint density at radius 1 is 1.11 bits per heavy atom. The van der Waals surface area contributed by atoms with Gasteiger partial charge in [0.2, 0.25) is 10.0 Å². The molecule has 1 saturated heterocycles. The number of amides is 2. The lowest BCUT2D eigenvalue weighted by atomic mass is 10.1. The minimum atomic E-state index is -3.85. The quantitative estimate of drug-likeness (QED) is 0.394. The van der Waals surface area contributed by atoms with Crippen molar-refractivity contribution in [1.29, 1.82) is 0 Å². The number of nitrogens with one attached hydrogen (secondary N) is 1. The maximum atomic E-state index is 13.6. The molecule has 3 N–H and O–H groups in total. The van der Waals surface area contributed by atoms with Crippen LogP contribution in [0, 0.1) is 0 Å². The van der Waals surface area contributed by atoms with Gasteiger partial charge in [-0.2, -0.15) is 4.31 Å². The Morgan fingerprint density at radius 2 is 1.82 bits per heavy atom. The van der Waals surface area contributed by atoms with Crippen LogP contribution >= 0.6 is 0 Å². The molecule has 0 radical (unpaired) electrons. The summed E-state index contributed by atoms with van der Waals surface area (Å²) in [6.07, 6.45) is 2.85. The molecular weight excluding hydrogens is 513 g/mol. The number of rotatable bonds is 13. The average Bonchev–Trinajstić information content (AvgIpc) is 3.27. The van der Waals surface area contributed by atoms with Gasteiger partial charge in [-0.05, 0) is 56.5 Å². The predicted molar refractivity (Wildman–Crippen MR) is 144 cm³/mol. The van der Waals surface area contributed by atoms with E-state index < -0.39 is 28.5 Å². The number of alkyl halides is 1. The van der Waals surface area contributed by atoms with Crippen LogP contribution in [0.15, 0.2) is 29.3 Å². The predicted octanol–water partition coefficient (Wildman–Crippen LogP) is 2.88. The Morgan fingerprint density at radius 3 is 2.39 bits per heavy atom. The number of likely N-dealkylation sites (N-methyl/N-ethyl adjacent to an activating group) is 1. The molecule has 0 bridgehead atoms. The van der Waals surface area contributed by atoms with E-state index in [1.54, 1.807) is 10.8 Å². The summed E-state index contributed by atoms with van der Waals surface area (Å²) in [6.45, 7) is 8.78. The van der Waals surface area contributed by atoms with Crippen molar-refractivity contribution in [2.24, 2.45) is 5.73 Å². The third kappa shape index (κ3) is 6.54. The second-order valence-corrected chi connectivity index (χ2v) is 11.1. The molecule has 12 heteroatoms. The van der Waals surface area contributed by atoms with Crippen LogP contribution in [0.1, 0.15) is 60.0 Å². The van der Waals surface area contributed by atoms with Gasteiger partial charge in [0.05, 0.1) is 29.4 Å². The van der Waals surface area contributed by atoms with Crippen LogP contribution in [-0.4, -0.2) is 80.0 Å². The van der Waals surface area contributed by atoms with Crippen LogP contribution in [0.4, 0.5) is 10.1 Å². The van der Waals surface area contributed by atoms with Gasteiger partial charge in [-0.1, -0.05) is 13.8 Å². The number of nitrogens with two attached hydrogens (primary N) is 1. The first kappa shape index (κ1) is 29.6. The zero-order valence-corrected chi connectivity index (χ0v) is 23.2. The van der Waals surface area contributed by atoms with Gasteiger partial charge in [-0.3, -0.25) is 14.0 Å². The fourth-order valence-electron chi connectivity index (χ4n) is 4.51. The lowest BCUT2D eigenvalue weighted by molar-refractivity contribution is 0.0992. The number of ether oxygens (including phenoxy) is 1. The van der Waals surface area contributed by atoms with E-state index in [2.05, 4.69) is 10.2 Å². The Bertz CT molecular complexity index is 1240. The number of benzene rings is 1. The molecule has 1 fully saturated rings. The number of hydrogen-bond donors (Lipinski definition) is 2. The zero-order valence-electron chi connectivity index (χ0n) is 22.3. The molecule has 10 nitrogen and oxygen atoms in total. The maximum Gasteiger partial charge on any atom is 0.267 e. The molecule has 210 valence electrons. The van der Waals surface area contributed by atoms with Gasteiger partial charge in [0.1, 0.15) is 11.4 Å². The van der Waals surface area contributed by atoms with Crippen molar-refractivity contribution in [2.45, 2.75) is 51.5 Å². The Balaban J connectivity index is 2.00. The van der Waals surface area contributed by atoms with Crippen LogP contribution in [0.5, 0.6) is 5.75 Å². The van der Waals surface area contributed by atoms with E-state index in [9.17, 15) is 22.4 Å². The van der Waals surface area contributed by atoms with Crippen molar-refractivity contribution < 1.29 is 27.1 Å². The summed E-state index contributed by atoms with van der Waals surface area (Å²) in [5, 5.41) is 2.75. The fourth-order valence-corrected chi connectivity index (χ4v) is 5.96. The molecule has 1 aromatic carbocycles. The first-order valence-corrected chi connectivity index (χ1v) is 14.5. The lowest BCUT2D eigenvalue weighted by Gasteiger charge is -2.33. The molecule has 0 spiro atoms. The van der Waals surface area contributed by atoms with Crippen molar-refractivity contribution in [3.8, 4) is 5.75 Å². The molecule has 0 aliphatic carbocycles. The molecule has 1 aliphatic rings. The van der Waals surface area contributed by atoms with E-state index in [1.807, 2.05) is 20.8 Å². The van der Waals surface area contributed by atoms with Gasteiger partial charge in [-0.15, -0.1) is 0 Å². The molecule has 0 atom stereocenters. The Labute approximate surface area is 224 Å². The van der Waals surface area contributed by atoms with E-state index in [0.717, 1.165) is 6.54 Å². The number of piperazine rings is 1. The maximum absolute atomic E-state index is 13.6. The monoisotopic (exact) mass is 551 g/mol. The number of primary amides is 1. The smallest absolute Gasteiger partial charge is 0.267 e. The van der Waals surface area contributed by atoms with E-state index in [0.29, 0.717) is 51.3 Å². The summed E-state index contributed by atoms with van der Waals surface area (Å²) in [7, 11) is -3.85. The third-order valence-corrected chi connectivity index (χ3v) is 8.52. The fraction of sp³-hybridized carbons (Fsp3) is 0.538. The summed E-state index contributed by atoms with van der Waals surface area (Å²) < 4.78 is 48.6. The minimum absolute atomic E-state index is 0.0165. The highest BCUT2D eigenvalue weighted by molar-refractivity contribution is 7.89. The van der Waals surface area contributed by atoms with E-state index in [1.165, 1.54) is 22.5 Å². The zero-order chi connectivity index (χ0) is 27.9. The van der Waals surface area contributed by atoms with E-state index >= 15 is 0 Å². The number of aryl methyl sites for hydroxylation is 2. The summed E-state index contributed by atoms with van der Waals surface area (Å²) in [5.41, 5.74) is 6.51. The molecule has 0 saturated carbocycles. The second kappa shape index (κ2) is 13.2. The number of carbonyl (C=O) groups excluding carboxylic acids is 2. The molecule has 38 heavy (non-hydrogen) atoms. The first-order valence-electron chi connectivity index (χ1n) is 13.1. The lowest BCUT2D eigenvalue weighted by Crippen LogP contribution is -2.48. The SMILES string of the molecule is CCCOc1ccc(S(=O)(=O)N2CCN(CC)CC2)cc1C(=O)Nc1c(CCCF)cn(CC)c1C(N)=O. The number of hydrogen-bond acceptors (Lipinski definition) is 6. The number of halogens is 1. The number of sulfonamides is 1. The summed E-state index contributed by atoms with van der Waals surface area (Å²) in [5.74, 6) is -1.17. The van der Waals surface area contributed by atoms with Crippen molar-refractivity contribution in [3.05, 3.63) is 41.2 Å². The summed E-state index contributed by atoms with van der Waals surface area (Å²) in [6, 6.07) is 4.23. The van der Waals surface area contributed by atoms with E-state index in [-0.39, 0.29) is 40.4 Å². The first-order chi connectivity index (χ1) is 18.2. The van der Waals surface area contributed by atoms with Crippen molar-refractivity contribution in [3.63, 3.8) is 0 Å². The molecule has 0 unspecified atom stereocenters. The van der Waals surface area contributed by atoms with Crippen LogP contribution in [0.3, 0.4) is 0 Å². The normalized spacial score (nSPS) is 14.9. The molecular formula is C26H38FN5O5S. The molecule has 2 heterocycles. The van der Waals surface area contributed by atoms with Gasteiger partial charge in [0, 0.05) is 38.9 Å². The minimum Gasteiger partial charge on any atom is -0.493 e. The van der Waals surface area contributed by atoms with Crippen LogP contribution in [0.25, 0.3) is 0 Å². The Kier molecular flexibility index (Phi) is 10.3. The number of anilines is 1. The molecule has 3 rings (SSSR count). The van der Waals surface area contributed by atoms with Gasteiger partial charge in [-0.25, -0.2) is 8.42 Å². The highest BCUT2D eigenvalue weighted by atomic mass is 32.2. The number of aromatic nitrogens is 1. The Hall–Kier alpha value is -2.96. The van der Waals surface area contributed by atoms with Crippen molar-refractivity contribution in [2.75, 3.05) is 51.3 Å². The van der Waals surface area contributed by atoms with Crippen molar-refractivity contribution >= 4 is 27.5 Å². The molecule has 2 aromatic rings. The van der Waals surface area contributed by atoms with Gasteiger partial charge in [0.15, 0.2) is 0 Å². The van der Waals surface area contributed by atoms with E-state index in [4.69, 9.17) is 10.5 Å². The number of nitrogens with zero attached hydrogens (tertiary/aromatic N) is 3. The molecule has 1 aromatic heterocycles. The third-order valence-electron chi connectivity index (χ3n) is 6.62. The summed E-state index contributed by atoms with van der Waals surface area (Å²) >= 11 is 0. The highest BCUT2D eigenvalue weighted by Gasteiger charge is 2.30. The highest BCUT2D eigenvalue weighted by Crippen LogP contribution is 2.30.